The van der Waals surface area contributed by atoms with Crippen molar-refractivity contribution in [2.75, 3.05) is 0 Å². The lowest BCUT2D eigenvalue weighted by molar-refractivity contribution is 0.485. The molecule has 8 heteroatoms. The first kappa shape index (κ1) is 14.6. The van der Waals surface area contributed by atoms with Crippen LogP contribution in [-0.4, -0.2) is 0 Å². The molecule has 0 aromatic heterocycles. The van der Waals surface area contributed by atoms with Gasteiger partial charge in [-0.1, -0.05) is 0 Å². The third-order valence-corrected chi connectivity index (χ3v) is 3.08. The number of hydrogen-bond acceptors (Lipinski definition) is 0. The zero-order valence-electron chi connectivity index (χ0n) is 10.0. The second-order valence-corrected chi connectivity index (χ2v) is 4.26. The van der Waals surface area contributed by atoms with Crippen LogP contribution < -0.4 is 0 Å². The van der Waals surface area contributed by atoms with Gasteiger partial charge in [0.25, 0.3) is 0 Å². The fourth-order valence-electron chi connectivity index (χ4n) is 2.19. The van der Waals surface area contributed by atoms with Crippen molar-refractivity contribution in [2.24, 2.45) is 0 Å². The van der Waals surface area contributed by atoms with E-state index in [-0.39, 0.29) is 0 Å². The number of halogens is 8. The van der Waals surface area contributed by atoms with E-state index in [0.717, 1.165) is 12.1 Å². The maximum Gasteiger partial charge on any atom is 0.170 e. The summed E-state index contributed by atoms with van der Waals surface area (Å²) in [6.07, 6.45) is 0. The van der Waals surface area contributed by atoms with Crippen molar-refractivity contribution in [1.82, 2.24) is 0 Å². The minimum atomic E-state index is -2.09. The van der Waals surface area contributed by atoms with Crippen molar-refractivity contribution in [3.05, 3.63) is 58.7 Å². The summed E-state index contributed by atoms with van der Waals surface area (Å²) in [5, 5.41) is -5.94. The van der Waals surface area contributed by atoms with Gasteiger partial charge in [0.15, 0.2) is 34.9 Å². The average Bonchev–Trinajstić information content (AvgIpc) is 2.44. The minimum Gasteiger partial charge on any atom is -0.205 e. The van der Waals surface area contributed by atoms with Crippen LogP contribution >= 0.6 is 0 Å². The third-order valence-electron chi connectivity index (χ3n) is 3.08. The van der Waals surface area contributed by atoms with E-state index in [4.69, 9.17) is 0 Å². The molecule has 3 aromatic carbocycles. The second kappa shape index (κ2) is 4.56. The highest BCUT2D eigenvalue weighted by Gasteiger charge is 2.28. The van der Waals surface area contributed by atoms with E-state index >= 15 is 0 Å². The molecule has 0 fully saturated rings. The van der Waals surface area contributed by atoms with Gasteiger partial charge in [-0.3, -0.25) is 0 Å². The number of benzene rings is 3. The molecule has 0 aliphatic carbocycles. The standard InChI is InChI=1S/C14F8/c15-3-1-5(17)11(19)9-7(3)13(21)14(22)8-4(16)2-6(18)12(20)10(8)9. The van der Waals surface area contributed by atoms with Gasteiger partial charge < -0.3 is 0 Å². The maximum absolute atomic E-state index is 13.8. The molecule has 112 valence electrons. The third kappa shape index (κ3) is 1.69. The van der Waals surface area contributed by atoms with Gasteiger partial charge in [-0.2, -0.15) is 0 Å². The van der Waals surface area contributed by atoms with Gasteiger partial charge in [0, 0.05) is 10.8 Å². The summed E-state index contributed by atoms with van der Waals surface area (Å²) in [5.74, 6) is -15.9. The molecule has 0 saturated carbocycles. The highest BCUT2D eigenvalue weighted by molar-refractivity contribution is 6.09. The van der Waals surface area contributed by atoms with Crippen molar-refractivity contribution < 1.29 is 35.1 Å². The van der Waals surface area contributed by atoms with Crippen LogP contribution in [0.4, 0.5) is 35.1 Å². The Bertz CT molecular complexity index is 882. The van der Waals surface area contributed by atoms with Crippen LogP contribution in [-0.2, 0) is 0 Å². The Morgan fingerprint density at radius 2 is 0.682 bits per heavy atom. The summed E-state index contributed by atoms with van der Waals surface area (Å²) in [7, 11) is 0. The molecule has 0 spiro atoms. The van der Waals surface area contributed by atoms with Crippen molar-refractivity contribution in [1.29, 1.82) is 0 Å². The lowest BCUT2D eigenvalue weighted by atomic mass is 9.98. The molecule has 2 radical (unpaired) electrons. The average molecular weight is 320 g/mol. The normalized spacial score (nSPS) is 11.6. The number of fused-ring (bicyclic) bond motifs is 3. The van der Waals surface area contributed by atoms with Gasteiger partial charge in [-0.05, 0) is 0 Å². The second-order valence-electron chi connectivity index (χ2n) is 4.26. The molecule has 0 bridgehead atoms. The lowest BCUT2D eigenvalue weighted by Gasteiger charge is -2.11. The molecule has 0 aliphatic heterocycles. The van der Waals surface area contributed by atoms with Crippen molar-refractivity contribution >= 4 is 21.5 Å². The fraction of sp³-hybridized carbons (Fsp3) is 0. The van der Waals surface area contributed by atoms with Crippen LogP contribution in [0.15, 0.2) is 0 Å². The molecule has 0 N–H and O–H groups in total. The fourth-order valence-corrected chi connectivity index (χ4v) is 2.19. The van der Waals surface area contributed by atoms with E-state index in [1.165, 1.54) is 0 Å². The zero-order chi connectivity index (χ0) is 16.3. The van der Waals surface area contributed by atoms with E-state index in [1.807, 2.05) is 0 Å². The van der Waals surface area contributed by atoms with Crippen LogP contribution in [0.2, 0.25) is 0 Å². The Labute approximate surface area is 116 Å². The van der Waals surface area contributed by atoms with Gasteiger partial charge in [0.2, 0.25) is 0 Å². The smallest absolute Gasteiger partial charge is 0.170 e. The quantitative estimate of drug-likeness (QED) is 0.320. The van der Waals surface area contributed by atoms with E-state index in [0.29, 0.717) is 0 Å². The van der Waals surface area contributed by atoms with Crippen LogP contribution in [0.25, 0.3) is 21.5 Å². The molecule has 0 nitrogen and oxygen atoms in total. The van der Waals surface area contributed by atoms with Crippen LogP contribution in [0.1, 0.15) is 0 Å². The summed E-state index contributed by atoms with van der Waals surface area (Å²) in [5.41, 5.74) is 0. The van der Waals surface area contributed by atoms with Gasteiger partial charge >= 0.3 is 0 Å². The highest BCUT2D eigenvalue weighted by Crippen LogP contribution is 2.38. The zero-order valence-corrected chi connectivity index (χ0v) is 10.0. The van der Waals surface area contributed by atoms with Gasteiger partial charge in [-0.15, -0.1) is 0 Å². The molecule has 0 amide bonds. The first-order valence-corrected chi connectivity index (χ1v) is 5.51. The molecule has 0 saturated heterocycles. The van der Waals surface area contributed by atoms with Gasteiger partial charge in [0.05, 0.1) is 22.9 Å². The Hall–Kier alpha value is -2.38. The van der Waals surface area contributed by atoms with E-state index in [9.17, 15) is 35.1 Å². The molecule has 3 rings (SSSR count). The highest BCUT2D eigenvalue weighted by atomic mass is 19.2. The monoisotopic (exact) mass is 320 g/mol. The number of hydrogen-bond donors (Lipinski definition) is 0. The van der Waals surface area contributed by atoms with Crippen LogP contribution in [0.3, 0.4) is 0 Å². The Morgan fingerprint density at radius 3 is 1.00 bits per heavy atom. The predicted molar refractivity (Wildman–Crippen MR) is 58.8 cm³/mol. The first-order chi connectivity index (χ1) is 10.3. The Kier molecular flexibility index (Phi) is 3.01. The molecule has 3 aromatic rings. The van der Waals surface area contributed by atoms with Crippen molar-refractivity contribution in [3.63, 3.8) is 0 Å². The predicted octanol–water partition coefficient (Wildman–Crippen LogP) is 4.71. The molecular weight excluding hydrogens is 320 g/mol. The molecule has 0 atom stereocenters. The molecule has 22 heavy (non-hydrogen) atoms. The maximum atomic E-state index is 13.8. The molecule has 0 heterocycles. The molecule has 0 unspecified atom stereocenters. The summed E-state index contributed by atoms with van der Waals surface area (Å²) >= 11 is 0. The SMILES string of the molecule is Fc1[c]c(F)c2c(F)c(F)c3c(F)[c]c(F)c(F)c3c2c1F. The number of rotatable bonds is 0. The Morgan fingerprint density at radius 1 is 0.364 bits per heavy atom. The van der Waals surface area contributed by atoms with Crippen molar-refractivity contribution in [3.8, 4) is 0 Å². The van der Waals surface area contributed by atoms with Gasteiger partial charge in [0.1, 0.15) is 11.6 Å². The molecule has 0 aliphatic rings. The summed E-state index contributed by atoms with van der Waals surface area (Å²) in [6, 6.07) is 2.26. The summed E-state index contributed by atoms with van der Waals surface area (Å²) < 4.78 is 109. The van der Waals surface area contributed by atoms with Crippen LogP contribution in [0.5, 0.6) is 0 Å². The lowest BCUT2D eigenvalue weighted by Crippen LogP contribution is -2.03. The van der Waals surface area contributed by atoms with Crippen molar-refractivity contribution in [2.45, 2.75) is 0 Å². The van der Waals surface area contributed by atoms with E-state index in [1.54, 1.807) is 0 Å². The van der Waals surface area contributed by atoms with E-state index in [2.05, 4.69) is 0 Å². The van der Waals surface area contributed by atoms with Crippen LogP contribution in [0, 0.1) is 58.7 Å². The first-order valence-electron chi connectivity index (χ1n) is 5.51. The Balaban J connectivity index is 2.84. The summed E-state index contributed by atoms with van der Waals surface area (Å²) in [4.78, 5) is 0. The topological polar surface area (TPSA) is 0 Å². The largest absolute Gasteiger partial charge is 0.205 e. The van der Waals surface area contributed by atoms with Gasteiger partial charge in [-0.25, -0.2) is 35.1 Å². The summed E-state index contributed by atoms with van der Waals surface area (Å²) in [6.45, 7) is 0. The molecular formula is C14F8. The minimum absolute atomic E-state index is 1.13. The van der Waals surface area contributed by atoms with E-state index < -0.39 is 68.1 Å².